The maximum absolute atomic E-state index is 12.8. The Morgan fingerprint density at radius 1 is 1.07 bits per heavy atom. The lowest BCUT2D eigenvalue weighted by atomic mass is 10.1. The first-order chi connectivity index (χ1) is 13.2. The Hall–Kier alpha value is -2.04. The fraction of sp³-hybridized carbons (Fsp3) is 0.409. The predicted molar refractivity (Wildman–Crippen MR) is 107 cm³/mol. The standard InChI is InChI=1S/C22H25ClN2O2/c23-18-6-4-16(5-7-18)15-27-21-3-1-2-17(12-21)13-22(26)25-11-10-19-8-9-20(14-25)24-19/h1-7,12,19-20,24H,8-11,13-15H2. The first-order valence-electron chi connectivity index (χ1n) is 9.66. The molecule has 2 saturated heterocycles. The zero-order chi connectivity index (χ0) is 18.6. The number of ether oxygens (including phenoxy) is 1. The Morgan fingerprint density at radius 3 is 2.74 bits per heavy atom. The number of likely N-dealkylation sites (tertiary alicyclic amines) is 1. The summed E-state index contributed by atoms with van der Waals surface area (Å²) in [6, 6.07) is 16.5. The van der Waals surface area contributed by atoms with E-state index < -0.39 is 0 Å². The molecule has 0 spiro atoms. The fourth-order valence-corrected chi connectivity index (χ4v) is 4.07. The molecular weight excluding hydrogens is 360 g/mol. The van der Waals surface area contributed by atoms with Gasteiger partial charge >= 0.3 is 0 Å². The summed E-state index contributed by atoms with van der Waals surface area (Å²) in [5, 5.41) is 4.34. The highest BCUT2D eigenvalue weighted by Crippen LogP contribution is 2.22. The van der Waals surface area contributed by atoms with Crippen LogP contribution in [0.5, 0.6) is 5.75 Å². The minimum absolute atomic E-state index is 0.208. The number of carbonyl (C=O) groups excluding carboxylic acids is 1. The number of hydrogen-bond donors (Lipinski definition) is 1. The second-order valence-corrected chi connectivity index (χ2v) is 7.94. The van der Waals surface area contributed by atoms with E-state index in [1.807, 2.05) is 53.4 Å². The molecule has 2 aromatic carbocycles. The van der Waals surface area contributed by atoms with Crippen molar-refractivity contribution in [2.24, 2.45) is 0 Å². The molecule has 4 rings (SSSR count). The highest BCUT2D eigenvalue weighted by molar-refractivity contribution is 6.30. The van der Waals surface area contributed by atoms with Crippen molar-refractivity contribution in [2.45, 2.75) is 44.4 Å². The Morgan fingerprint density at radius 2 is 1.89 bits per heavy atom. The molecule has 4 nitrogen and oxygen atoms in total. The maximum atomic E-state index is 12.8. The van der Waals surface area contributed by atoms with Crippen molar-refractivity contribution in [3.63, 3.8) is 0 Å². The molecule has 5 heteroatoms. The van der Waals surface area contributed by atoms with Crippen molar-refractivity contribution in [1.82, 2.24) is 10.2 Å². The summed E-state index contributed by atoms with van der Waals surface area (Å²) in [6.07, 6.45) is 3.92. The normalized spacial score (nSPS) is 21.7. The van der Waals surface area contributed by atoms with Crippen molar-refractivity contribution < 1.29 is 9.53 Å². The summed E-state index contributed by atoms with van der Waals surface area (Å²) in [6.45, 7) is 2.18. The van der Waals surface area contributed by atoms with Crippen LogP contribution >= 0.6 is 11.6 Å². The average Bonchev–Trinajstić information content (AvgIpc) is 3.00. The molecule has 0 radical (unpaired) electrons. The van der Waals surface area contributed by atoms with Crippen molar-refractivity contribution in [3.05, 3.63) is 64.7 Å². The molecule has 2 heterocycles. The van der Waals surface area contributed by atoms with Gasteiger partial charge in [-0.1, -0.05) is 35.9 Å². The smallest absolute Gasteiger partial charge is 0.227 e. The van der Waals surface area contributed by atoms with Crippen molar-refractivity contribution in [2.75, 3.05) is 13.1 Å². The van der Waals surface area contributed by atoms with Gasteiger partial charge in [0.1, 0.15) is 12.4 Å². The average molecular weight is 385 g/mol. The van der Waals surface area contributed by atoms with Crippen LogP contribution < -0.4 is 10.1 Å². The fourth-order valence-electron chi connectivity index (χ4n) is 3.95. The molecule has 2 atom stereocenters. The van der Waals surface area contributed by atoms with Gasteiger partial charge in [0.25, 0.3) is 0 Å². The minimum Gasteiger partial charge on any atom is -0.489 e. The van der Waals surface area contributed by atoms with Crippen LogP contribution in [0, 0.1) is 0 Å². The molecule has 0 aliphatic carbocycles. The minimum atomic E-state index is 0.208. The molecule has 0 aromatic heterocycles. The highest BCUT2D eigenvalue weighted by Gasteiger charge is 2.30. The molecule has 2 bridgehead atoms. The number of nitrogens with one attached hydrogen (secondary N) is 1. The van der Waals surface area contributed by atoms with Crippen LogP contribution in [0.25, 0.3) is 0 Å². The molecule has 27 heavy (non-hydrogen) atoms. The summed E-state index contributed by atoms with van der Waals surface area (Å²) in [4.78, 5) is 14.8. The summed E-state index contributed by atoms with van der Waals surface area (Å²) in [7, 11) is 0. The number of benzene rings is 2. The van der Waals surface area contributed by atoms with Gasteiger partial charge in [0, 0.05) is 30.2 Å². The molecule has 2 aromatic rings. The lowest BCUT2D eigenvalue weighted by Gasteiger charge is -2.24. The van der Waals surface area contributed by atoms with Crippen LogP contribution in [0.2, 0.25) is 5.02 Å². The van der Waals surface area contributed by atoms with Crippen LogP contribution in [0.3, 0.4) is 0 Å². The van der Waals surface area contributed by atoms with Gasteiger partial charge in [-0.25, -0.2) is 0 Å². The van der Waals surface area contributed by atoms with E-state index in [-0.39, 0.29) is 5.91 Å². The van der Waals surface area contributed by atoms with Gasteiger partial charge in [-0.15, -0.1) is 0 Å². The molecule has 2 fully saturated rings. The van der Waals surface area contributed by atoms with Crippen molar-refractivity contribution >= 4 is 17.5 Å². The number of fused-ring (bicyclic) bond motifs is 2. The molecule has 0 saturated carbocycles. The van der Waals surface area contributed by atoms with E-state index in [1.54, 1.807) is 0 Å². The largest absolute Gasteiger partial charge is 0.489 e. The van der Waals surface area contributed by atoms with Crippen LogP contribution in [0.15, 0.2) is 48.5 Å². The molecular formula is C22H25ClN2O2. The number of rotatable bonds is 5. The van der Waals surface area contributed by atoms with Gasteiger partial charge in [-0.05, 0) is 54.7 Å². The number of carbonyl (C=O) groups is 1. The van der Waals surface area contributed by atoms with Gasteiger partial charge in [-0.3, -0.25) is 4.79 Å². The molecule has 2 aliphatic rings. The lowest BCUT2D eigenvalue weighted by Crippen LogP contribution is -2.39. The summed E-state index contributed by atoms with van der Waals surface area (Å²) in [5.41, 5.74) is 2.06. The molecule has 2 aliphatic heterocycles. The highest BCUT2D eigenvalue weighted by atomic mass is 35.5. The Balaban J connectivity index is 1.34. The number of nitrogens with zero attached hydrogens (tertiary/aromatic N) is 1. The number of amides is 1. The van der Waals surface area contributed by atoms with E-state index in [0.717, 1.165) is 41.4 Å². The monoisotopic (exact) mass is 384 g/mol. The third-order valence-electron chi connectivity index (χ3n) is 5.45. The molecule has 142 valence electrons. The van der Waals surface area contributed by atoms with E-state index in [4.69, 9.17) is 16.3 Å². The third-order valence-corrected chi connectivity index (χ3v) is 5.70. The Kier molecular flexibility index (Phi) is 5.65. The summed E-state index contributed by atoms with van der Waals surface area (Å²) in [5.74, 6) is 0.992. The van der Waals surface area contributed by atoms with E-state index in [1.165, 1.54) is 12.8 Å². The van der Waals surface area contributed by atoms with Gasteiger partial charge in [-0.2, -0.15) is 0 Å². The van der Waals surface area contributed by atoms with E-state index in [2.05, 4.69) is 5.32 Å². The second-order valence-electron chi connectivity index (χ2n) is 7.51. The number of halogens is 1. The third kappa shape index (κ3) is 4.82. The zero-order valence-corrected chi connectivity index (χ0v) is 16.1. The maximum Gasteiger partial charge on any atom is 0.227 e. The van der Waals surface area contributed by atoms with Gasteiger partial charge in [0.2, 0.25) is 5.91 Å². The zero-order valence-electron chi connectivity index (χ0n) is 15.4. The van der Waals surface area contributed by atoms with E-state index in [0.29, 0.717) is 25.1 Å². The van der Waals surface area contributed by atoms with Crippen LogP contribution in [0.1, 0.15) is 30.4 Å². The first-order valence-corrected chi connectivity index (χ1v) is 10.0. The Labute approximate surface area is 165 Å². The first kappa shape index (κ1) is 18.3. The van der Waals surface area contributed by atoms with E-state index in [9.17, 15) is 4.79 Å². The Bertz CT molecular complexity index is 793. The van der Waals surface area contributed by atoms with Gasteiger partial charge in [0.05, 0.1) is 6.42 Å². The SMILES string of the molecule is O=C(Cc1cccc(OCc2ccc(Cl)cc2)c1)N1CCC2CCC(C1)N2. The molecule has 1 amide bonds. The van der Waals surface area contributed by atoms with Crippen LogP contribution in [-0.2, 0) is 17.8 Å². The number of hydrogen-bond acceptors (Lipinski definition) is 3. The van der Waals surface area contributed by atoms with Gasteiger partial charge in [0.15, 0.2) is 0 Å². The second kappa shape index (κ2) is 8.32. The summed E-state index contributed by atoms with van der Waals surface area (Å²) < 4.78 is 5.88. The topological polar surface area (TPSA) is 41.6 Å². The molecule has 2 unspecified atom stereocenters. The van der Waals surface area contributed by atoms with Crippen LogP contribution in [-0.4, -0.2) is 36.0 Å². The predicted octanol–water partition coefficient (Wildman–Crippen LogP) is 3.81. The quantitative estimate of drug-likeness (QED) is 0.852. The van der Waals surface area contributed by atoms with E-state index >= 15 is 0 Å². The van der Waals surface area contributed by atoms with Gasteiger partial charge < -0.3 is 15.0 Å². The summed E-state index contributed by atoms with van der Waals surface area (Å²) >= 11 is 5.91. The van der Waals surface area contributed by atoms with Crippen molar-refractivity contribution in [3.8, 4) is 5.75 Å². The molecule has 1 N–H and O–H groups in total. The van der Waals surface area contributed by atoms with Crippen LogP contribution in [0.4, 0.5) is 0 Å². The lowest BCUT2D eigenvalue weighted by molar-refractivity contribution is -0.130. The van der Waals surface area contributed by atoms with Crippen molar-refractivity contribution in [1.29, 1.82) is 0 Å².